The Morgan fingerprint density at radius 3 is 2.21 bits per heavy atom. The van der Waals surface area contributed by atoms with E-state index in [4.69, 9.17) is 5.11 Å². The van der Waals surface area contributed by atoms with Crippen molar-refractivity contribution >= 4 is 9.84 Å². The van der Waals surface area contributed by atoms with Gasteiger partial charge in [-0.15, -0.1) is 5.10 Å². The fourth-order valence-corrected chi connectivity index (χ4v) is 3.57. The van der Waals surface area contributed by atoms with Crippen LogP contribution in [0.25, 0.3) is 11.1 Å². The molecule has 0 aliphatic heterocycles. The van der Waals surface area contributed by atoms with Crippen molar-refractivity contribution < 1.29 is 17.9 Å². The van der Waals surface area contributed by atoms with Gasteiger partial charge in [0.1, 0.15) is 6.67 Å². The van der Waals surface area contributed by atoms with Crippen molar-refractivity contribution in [2.45, 2.75) is 23.8 Å². The summed E-state index contributed by atoms with van der Waals surface area (Å²) < 4.78 is 38.1. The molecule has 1 N–H and O–H groups in total. The molecule has 3 rings (SSSR count). The summed E-state index contributed by atoms with van der Waals surface area (Å²) in [7, 11) is -3.22. The number of nitrogens with zero attached hydrogens (tertiary/aromatic N) is 3. The predicted molar refractivity (Wildman–Crippen MR) is 105 cm³/mol. The SMILES string of the molecule is CS(=O)(=O)c1ccc(-c2ccc(C[C@@H](CF)n3cc(CCO)nn3)cc2)cc1. The molecule has 0 unspecified atom stereocenters. The first kappa shape index (κ1) is 20.2. The highest BCUT2D eigenvalue weighted by Gasteiger charge is 2.14. The van der Waals surface area contributed by atoms with E-state index in [9.17, 15) is 12.8 Å². The number of benzene rings is 2. The molecule has 0 spiro atoms. The number of rotatable bonds is 8. The summed E-state index contributed by atoms with van der Waals surface area (Å²) >= 11 is 0. The zero-order chi connectivity index (χ0) is 20.1. The second-order valence-electron chi connectivity index (χ2n) is 6.67. The average molecular weight is 403 g/mol. The van der Waals surface area contributed by atoms with E-state index >= 15 is 0 Å². The van der Waals surface area contributed by atoms with Gasteiger partial charge in [0.15, 0.2) is 9.84 Å². The summed E-state index contributed by atoms with van der Waals surface area (Å²) in [4.78, 5) is 0.284. The third kappa shape index (κ3) is 4.82. The van der Waals surface area contributed by atoms with Gasteiger partial charge in [0.05, 0.1) is 16.6 Å². The van der Waals surface area contributed by atoms with Crippen LogP contribution in [-0.2, 0) is 22.7 Å². The fraction of sp³-hybridized carbons (Fsp3) is 0.300. The van der Waals surface area contributed by atoms with Gasteiger partial charge in [-0.2, -0.15) is 0 Å². The molecule has 1 atom stereocenters. The molecule has 6 nitrogen and oxygen atoms in total. The van der Waals surface area contributed by atoms with E-state index in [2.05, 4.69) is 10.3 Å². The van der Waals surface area contributed by atoms with Crippen LogP contribution >= 0.6 is 0 Å². The summed E-state index contributed by atoms with van der Waals surface area (Å²) in [5.74, 6) is 0. The van der Waals surface area contributed by atoms with Crippen LogP contribution in [0.1, 0.15) is 17.3 Å². The highest BCUT2D eigenvalue weighted by molar-refractivity contribution is 7.90. The Bertz CT molecular complexity index is 1020. The third-order valence-electron chi connectivity index (χ3n) is 4.52. The topological polar surface area (TPSA) is 85.1 Å². The molecule has 0 radical (unpaired) electrons. The minimum absolute atomic E-state index is 0.0222. The van der Waals surface area contributed by atoms with E-state index in [0.29, 0.717) is 18.5 Å². The van der Waals surface area contributed by atoms with Crippen molar-refractivity contribution in [3.63, 3.8) is 0 Å². The molecule has 0 aliphatic rings. The summed E-state index contributed by atoms with van der Waals surface area (Å²) in [5, 5.41) is 16.9. The molecular formula is C20H22FN3O3S. The first-order valence-corrected chi connectivity index (χ1v) is 10.8. The number of aliphatic hydroxyl groups is 1. The van der Waals surface area contributed by atoms with Gasteiger partial charge in [-0.1, -0.05) is 41.6 Å². The van der Waals surface area contributed by atoms with Crippen LogP contribution < -0.4 is 0 Å². The number of aromatic nitrogens is 3. The van der Waals surface area contributed by atoms with Crippen LogP contribution in [0, 0.1) is 0 Å². The number of hydrogen-bond acceptors (Lipinski definition) is 5. The van der Waals surface area contributed by atoms with Crippen LogP contribution in [0.15, 0.2) is 59.6 Å². The zero-order valence-corrected chi connectivity index (χ0v) is 16.3. The van der Waals surface area contributed by atoms with Crippen molar-refractivity contribution in [1.29, 1.82) is 0 Å². The fourth-order valence-electron chi connectivity index (χ4n) is 2.94. The molecule has 8 heteroatoms. The molecule has 0 saturated heterocycles. The molecule has 0 bridgehead atoms. The van der Waals surface area contributed by atoms with Crippen LogP contribution in [0.5, 0.6) is 0 Å². The van der Waals surface area contributed by atoms with E-state index < -0.39 is 22.6 Å². The molecule has 148 valence electrons. The maximum absolute atomic E-state index is 13.5. The quantitative estimate of drug-likeness (QED) is 0.625. The van der Waals surface area contributed by atoms with Crippen molar-refractivity contribution in [2.24, 2.45) is 0 Å². The van der Waals surface area contributed by atoms with Gasteiger partial charge in [0, 0.05) is 25.5 Å². The van der Waals surface area contributed by atoms with E-state index in [1.54, 1.807) is 30.5 Å². The molecule has 0 aliphatic carbocycles. The molecular weight excluding hydrogens is 381 g/mol. The Kier molecular flexibility index (Phi) is 6.21. The summed E-state index contributed by atoms with van der Waals surface area (Å²) in [6.07, 6.45) is 3.70. The van der Waals surface area contributed by atoms with E-state index in [1.165, 1.54) is 10.9 Å². The molecule has 0 fully saturated rings. The maximum Gasteiger partial charge on any atom is 0.175 e. The van der Waals surface area contributed by atoms with Crippen LogP contribution in [-0.4, -0.2) is 48.1 Å². The monoisotopic (exact) mass is 403 g/mol. The Labute approximate surface area is 163 Å². The van der Waals surface area contributed by atoms with Gasteiger partial charge < -0.3 is 5.11 Å². The zero-order valence-electron chi connectivity index (χ0n) is 15.5. The van der Waals surface area contributed by atoms with Crippen LogP contribution in [0.2, 0.25) is 0 Å². The van der Waals surface area contributed by atoms with E-state index in [0.717, 1.165) is 16.7 Å². The summed E-state index contributed by atoms with van der Waals surface area (Å²) in [6, 6.07) is 14.0. The summed E-state index contributed by atoms with van der Waals surface area (Å²) in [6.45, 7) is -0.595. The molecule has 28 heavy (non-hydrogen) atoms. The Balaban J connectivity index is 1.72. The van der Waals surface area contributed by atoms with Crippen molar-refractivity contribution in [3.05, 3.63) is 66.0 Å². The second-order valence-corrected chi connectivity index (χ2v) is 8.68. The maximum atomic E-state index is 13.5. The number of aliphatic hydroxyl groups excluding tert-OH is 1. The van der Waals surface area contributed by atoms with Crippen LogP contribution in [0.3, 0.4) is 0 Å². The minimum atomic E-state index is -3.22. The first-order chi connectivity index (χ1) is 13.4. The first-order valence-electron chi connectivity index (χ1n) is 8.87. The Hall–Kier alpha value is -2.58. The lowest BCUT2D eigenvalue weighted by Crippen LogP contribution is -2.15. The van der Waals surface area contributed by atoms with Gasteiger partial charge >= 0.3 is 0 Å². The number of hydrogen-bond donors (Lipinski definition) is 1. The highest BCUT2D eigenvalue weighted by atomic mass is 32.2. The molecule has 3 aromatic rings. The van der Waals surface area contributed by atoms with E-state index in [-0.39, 0.29) is 11.5 Å². The van der Waals surface area contributed by atoms with Gasteiger partial charge in [-0.3, -0.25) is 0 Å². The normalized spacial score (nSPS) is 12.8. The number of alkyl halides is 1. The van der Waals surface area contributed by atoms with Gasteiger partial charge in [-0.05, 0) is 35.2 Å². The van der Waals surface area contributed by atoms with Crippen molar-refractivity contribution in [1.82, 2.24) is 15.0 Å². The highest BCUT2D eigenvalue weighted by Crippen LogP contribution is 2.23. The minimum Gasteiger partial charge on any atom is -0.396 e. The third-order valence-corrected chi connectivity index (χ3v) is 5.65. The molecule has 1 heterocycles. The van der Waals surface area contributed by atoms with Crippen LogP contribution in [0.4, 0.5) is 4.39 Å². The van der Waals surface area contributed by atoms with Crippen molar-refractivity contribution in [3.8, 4) is 11.1 Å². The lowest BCUT2D eigenvalue weighted by molar-refractivity contribution is 0.298. The number of sulfone groups is 1. The smallest absolute Gasteiger partial charge is 0.175 e. The van der Waals surface area contributed by atoms with Gasteiger partial charge in [0.25, 0.3) is 0 Å². The Morgan fingerprint density at radius 1 is 1.07 bits per heavy atom. The molecule has 2 aromatic carbocycles. The lowest BCUT2D eigenvalue weighted by Gasteiger charge is -2.13. The predicted octanol–water partition coefficient (Wildman–Crippen LogP) is 2.64. The van der Waals surface area contributed by atoms with Gasteiger partial charge in [0.2, 0.25) is 0 Å². The number of halogens is 1. The molecule has 1 aromatic heterocycles. The Morgan fingerprint density at radius 2 is 1.68 bits per heavy atom. The lowest BCUT2D eigenvalue weighted by atomic mass is 10.0. The largest absolute Gasteiger partial charge is 0.396 e. The molecule has 0 saturated carbocycles. The average Bonchev–Trinajstić information content (AvgIpc) is 3.15. The summed E-state index contributed by atoms with van der Waals surface area (Å²) in [5.41, 5.74) is 3.45. The van der Waals surface area contributed by atoms with Gasteiger partial charge in [-0.25, -0.2) is 17.5 Å². The van der Waals surface area contributed by atoms with Crippen molar-refractivity contribution in [2.75, 3.05) is 19.5 Å². The second kappa shape index (κ2) is 8.62. The molecule has 0 amide bonds. The standard InChI is InChI=1S/C20H22FN3O3S/c1-28(26,27)20-8-6-17(7-9-20)16-4-2-15(3-5-16)12-19(13-21)24-14-18(10-11-25)22-23-24/h2-9,14,19,25H,10-13H2,1H3/t19-/m0/s1. The van der Waals surface area contributed by atoms with E-state index in [1.807, 2.05) is 24.3 Å².